The van der Waals surface area contributed by atoms with Crippen LogP contribution in [0.25, 0.3) is 0 Å². The van der Waals surface area contributed by atoms with Gasteiger partial charge in [-0.2, -0.15) is 5.10 Å². The minimum Gasteiger partial charge on any atom is -0.486 e. The highest BCUT2D eigenvalue weighted by molar-refractivity contribution is 5.24. The van der Waals surface area contributed by atoms with Crippen LogP contribution in [-0.4, -0.2) is 15.2 Å². The molecule has 0 aliphatic heterocycles. The fourth-order valence-electron chi connectivity index (χ4n) is 2.01. The highest BCUT2D eigenvalue weighted by atomic mass is 19.1. The molecular weight excluding hydrogens is 283 g/mol. The van der Waals surface area contributed by atoms with Gasteiger partial charge in [-0.3, -0.25) is 5.10 Å². The van der Waals surface area contributed by atoms with E-state index in [9.17, 15) is 4.39 Å². The van der Waals surface area contributed by atoms with E-state index >= 15 is 0 Å². The molecule has 0 unspecified atom stereocenters. The van der Waals surface area contributed by atoms with Gasteiger partial charge in [-0.25, -0.2) is 9.37 Å². The van der Waals surface area contributed by atoms with Gasteiger partial charge in [0.2, 0.25) is 0 Å². The Morgan fingerprint density at radius 1 is 1.09 bits per heavy atom. The molecule has 6 heteroatoms. The van der Waals surface area contributed by atoms with E-state index < -0.39 is 6.04 Å². The summed E-state index contributed by atoms with van der Waals surface area (Å²) in [5.41, 5.74) is 7.06. The average Bonchev–Trinajstić information content (AvgIpc) is 3.03. The summed E-state index contributed by atoms with van der Waals surface area (Å²) >= 11 is 0. The van der Waals surface area contributed by atoms with Crippen molar-refractivity contribution >= 4 is 0 Å². The molecule has 0 saturated carbocycles. The van der Waals surface area contributed by atoms with E-state index in [-0.39, 0.29) is 12.4 Å². The molecule has 0 amide bonds. The minimum absolute atomic E-state index is 0.208. The second-order valence-electron chi connectivity index (χ2n) is 4.77. The summed E-state index contributed by atoms with van der Waals surface area (Å²) in [5.74, 6) is 1.32. The maximum Gasteiger partial charge on any atom is 0.172 e. The zero-order valence-corrected chi connectivity index (χ0v) is 11.7. The second kappa shape index (κ2) is 6.36. The lowest BCUT2D eigenvalue weighted by Crippen LogP contribution is -2.13. The molecule has 0 aliphatic rings. The highest BCUT2D eigenvalue weighted by Crippen LogP contribution is 2.16. The van der Waals surface area contributed by atoms with Crippen LogP contribution in [-0.2, 0) is 6.61 Å². The number of nitrogens with one attached hydrogen (secondary N) is 1. The van der Waals surface area contributed by atoms with Gasteiger partial charge >= 0.3 is 0 Å². The molecule has 1 aromatic heterocycles. The van der Waals surface area contributed by atoms with Gasteiger partial charge in [-0.1, -0.05) is 30.3 Å². The smallest absolute Gasteiger partial charge is 0.172 e. The Kier molecular flexibility index (Phi) is 4.11. The standard InChI is InChI=1S/C16H15FN4O/c17-12-6-8-13(9-7-12)22-10-14-19-16(21-20-14)15(18)11-4-2-1-3-5-11/h1-9,15H,10,18H2,(H,19,20,21)/t15-/m1/s1. The zero-order chi connectivity index (χ0) is 15.4. The molecule has 0 spiro atoms. The molecule has 3 rings (SSSR count). The Bertz CT molecular complexity index is 727. The maximum atomic E-state index is 12.8. The number of aromatic amines is 1. The first kappa shape index (κ1) is 14.2. The molecule has 0 bridgehead atoms. The van der Waals surface area contributed by atoms with Crippen LogP contribution in [0.1, 0.15) is 23.3 Å². The number of rotatable bonds is 5. The van der Waals surface area contributed by atoms with Gasteiger partial charge < -0.3 is 10.5 Å². The van der Waals surface area contributed by atoms with Crippen LogP contribution in [0.2, 0.25) is 0 Å². The largest absolute Gasteiger partial charge is 0.486 e. The summed E-state index contributed by atoms with van der Waals surface area (Å²) < 4.78 is 18.3. The van der Waals surface area contributed by atoms with Crippen molar-refractivity contribution in [3.63, 3.8) is 0 Å². The summed E-state index contributed by atoms with van der Waals surface area (Å²) in [7, 11) is 0. The van der Waals surface area contributed by atoms with Crippen LogP contribution in [0.4, 0.5) is 4.39 Å². The number of ether oxygens (including phenoxy) is 1. The van der Waals surface area contributed by atoms with E-state index in [0.29, 0.717) is 17.4 Å². The van der Waals surface area contributed by atoms with E-state index in [4.69, 9.17) is 10.5 Å². The first-order chi connectivity index (χ1) is 10.7. The van der Waals surface area contributed by atoms with E-state index in [1.165, 1.54) is 12.1 Å². The van der Waals surface area contributed by atoms with E-state index in [0.717, 1.165) is 5.56 Å². The van der Waals surface area contributed by atoms with Gasteiger partial charge in [0.05, 0.1) is 6.04 Å². The van der Waals surface area contributed by atoms with E-state index in [2.05, 4.69) is 15.2 Å². The summed E-state index contributed by atoms with van der Waals surface area (Å²) in [6, 6.07) is 15.0. The minimum atomic E-state index is -0.392. The molecule has 1 atom stereocenters. The Balaban J connectivity index is 1.65. The van der Waals surface area contributed by atoms with Crippen LogP contribution in [0, 0.1) is 5.82 Å². The van der Waals surface area contributed by atoms with E-state index in [1.54, 1.807) is 12.1 Å². The Morgan fingerprint density at radius 2 is 1.82 bits per heavy atom. The Labute approximate surface area is 127 Å². The van der Waals surface area contributed by atoms with Gasteiger partial charge in [0.25, 0.3) is 0 Å². The lowest BCUT2D eigenvalue weighted by atomic mass is 10.1. The van der Waals surface area contributed by atoms with Gasteiger partial charge in [0, 0.05) is 0 Å². The quantitative estimate of drug-likeness (QED) is 0.759. The average molecular weight is 298 g/mol. The third kappa shape index (κ3) is 3.29. The Morgan fingerprint density at radius 3 is 2.55 bits per heavy atom. The molecule has 5 nitrogen and oxygen atoms in total. The molecule has 3 aromatic rings. The fourth-order valence-corrected chi connectivity index (χ4v) is 2.01. The van der Waals surface area contributed by atoms with Crippen molar-refractivity contribution in [1.82, 2.24) is 15.2 Å². The van der Waals surface area contributed by atoms with Crippen molar-refractivity contribution in [2.24, 2.45) is 5.73 Å². The van der Waals surface area contributed by atoms with E-state index in [1.807, 2.05) is 30.3 Å². The third-order valence-electron chi connectivity index (χ3n) is 3.18. The number of hydrogen-bond donors (Lipinski definition) is 2. The normalized spacial score (nSPS) is 12.1. The first-order valence-corrected chi connectivity index (χ1v) is 6.82. The molecular formula is C16H15FN4O. The van der Waals surface area contributed by atoms with Crippen LogP contribution in [0.5, 0.6) is 5.75 Å². The number of hydrogen-bond acceptors (Lipinski definition) is 4. The second-order valence-corrected chi connectivity index (χ2v) is 4.77. The summed E-state index contributed by atoms with van der Waals surface area (Å²) in [6.07, 6.45) is 0. The fraction of sp³-hybridized carbons (Fsp3) is 0.125. The van der Waals surface area contributed by atoms with Gasteiger partial charge in [0.15, 0.2) is 11.6 Å². The van der Waals surface area contributed by atoms with Crippen molar-refractivity contribution in [3.8, 4) is 5.75 Å². The molecule has 22 heavy (non-hydrogen) atoms. The van der Waals surface area contributed by atoms with Crippen LogP contribution >= 0.6 is 0 Å². The topological polar surface area (TPSA) is 76.8 Å². The Hall–Kier alpha value is -2.73. The lowest BCUT2D eigenvalue weighted by molar-refractivity contribution is 0.296. The van der Waals surface area contributed by atoms with Crippen molar-refractivity contribution < 1.29 is 9.13 Å². The molecule has 2 aromatic carbocycles. The molecule has 1 heterocycles. The number of benzene rings is 2. The highest BCUT2D eigenvalue weighted by Gasteiger charge is 2.14. The van der Waals surface area contributed by atoms with Crippen LogP contribution in [0.3, 0.4) is 0 Å². The van der Waals surface area contributed by atoms with Crippen LogP contribution < -0.4 is 10.5 Å². The third-order valence-corrected chi connectivity index (χ3v) is 3.18. The number of nitrogens with zero attached hydrogens (tertiary/aromatic N) is 2. The van der Waals surface area contributed by atoms with Crippen molar-refractivity contribution in [2.75, 3.05) is 0 Å². The maximum absolute atomic E-state index is 12.8. The van der Waals surface area contributed by atoms with Gasteiger partial charge in [0.1, 0.15) is 18.2 Å². The first-order valence-electron chi connectivity index (χ1n) is 6.82. The SMILES string of the molecule is N[C@H](c1ccccc1)c1n[nH]c(COc2ccc(F)cc2)n1. The van der Waals surface area contributed by atoms with Crippen LogP contribution in [0.15, 0.2) is 54.6 Å². The molecule has 0 saturated heterocycles. The number of nitrogens with two attached hydrogens (primary N) is 1. The van der Waals surface area contributed by atoms with Gasteiger partial charge in [-0.15, -0.1) is 0 Å². The summed E-state index contributed by atoms with van der Waals surface area (Å²) in [4.78, 5) is 4.33. The summed E-state index contributed by atoms with van der Waals surface area (Å²) in [6.45, 7) is 0.208. The lowest BCUT2D eigenvalue weighted by Gasteiger charge is -2.07. The molecule has 112 valence electrons. The molecule has 3 N–H and O–H groups in total. The molecule has 0 fully saturated rings. The van der Waals surface area contributed by atoms with Crippen molar-refractivity contribution in [1.29, 1.82) is 0 Å². The molecule has 0 aliphatic carbocycles. The predicted octanol–water partition coefficient (Wildman–Crippen LogP) is 2.57. The van der Waals surface area contributed by atoms with Crippen molar-refractivity contribution in [3.05, 3.63) is 77.6 Å². The predicted molar refractivity (Wildman–Crippen MR) is 79.6 cm³/mol. The molecule has 0 radical (unpaired) electrons. The van der Waals surface area contributed by atoms with Gasteiger partial charge in [-0.05, 0) is 29.8 Å². The number of halogens is 1. The zero-order valence-electron chi connectivity index (χ0n) is 11.7. The number of H-pyrrole nitrogens is 1. The van der Waals surface area contributed by atoms with Crippen molar-refractivity contribution in [2.45, 2.75) is 12.6 Å². The summed E-state index contributed by atoms with van der Waals surface area (Å²) in [5, 5.41) is 6.92. The number of aromatic nitrogens is 3. The monoisotopic (exact) mass is 298 g/mol.